The van der Waals surface area contributed by atoms with Crippen molar-refractivity contribution < 1.29 is 19.1 Å². The second-order valence-electron chi connectivity index (χ2n) is 5.67. The van der Waals surface area contributed by atoms with Gasteiger partial charge in [0.15, 0.2) is 6.61 Å². The van der Waals surface area contributed by atoms with Gasteiger partial charge in [0.2, 0.25) is 0 Å². The lowest BCUT2D eigenvalue weighted by Crippen LogP contribution is -2.44. The van der Waals surface area contributed by atoms with Crippen molar-refractivity contribution in [2.45, 2.75) is 52.0 Å². The summed E-state index contributed by atoms with van der Waals surface area (Å²) in [7, 11) is 0. The highest BCUT2D eigenvalue weighted by Crippen LogP contribution is 2.30. The number of nitrogens with one attached hydrogen (secondary N) is 2. The molecule has 1 aromatic heterocycles. The molecular formula is C16H22N2O4S. The predicted octanol–water partition coefficient (Wildman–Crippen LogP) is 2.41. The van der Waals surface area contributed by atoms with Crippen LogP contribution in [0.3, 0.4) is 0 Å². The molecule has 126 valence electrons. The first kappa shape index (κ1) is 17.5. The maximum atomic E-state index is 12.1. The number of hydrogen-bond donors (Lipinski definition) is 2. The van der Waals surface area contributed by atoms with E-state index in [-0.39, 0.29) is 6.04 Å². The Morgan fingerprint density at radius 3 is 2.78 bits per heavy atom. The van der Waals surface area contributed by atoms with Gasteiger partial charge in [-0.1, -0.05) is 6.92 Å². The van der Waals surface area contributed by atoms with Crippen LogP contribution >= 0.6 is 11.3 Å². The van der Waals surface area contributed by atoms with Gasteiger partial charge in [-0.2, -0.15) is 0 Å². The van der Waals surface area contributed by atoms with Gasteiger partial charge in [-0.05, 0) is 44.6 Å². The van der Waals surface area contributed by atoms with Crippen LogP contribution in [0.5, 0.6) is 0 Å². The molecule has 1 atom stereocenters. The zero-order valence-corrected chi connectivity index (χ0v) is 14.3. The number of fused-ring (bicyclic) bond motifs is 1. The molecule has 1 aromatic rings. The Labute approximate surface area is 139 Å². The summed E-state index contributed by atoms with van der Waals surface area (Å²) < 4.78 is 5.02. The van der Waals surface area contributed by atoms with E-state index in [1.165, 1.54) is 4.88 Å². The van der Waals surface area contributed by atoms with Crippen molar-refractivity contribution in [3.05, 3.63) is 21.4 Å². The molecule has 0 aromatic carbocycles. The van der Waals surface area contributed by atoms with Gasteiger partial charge in [-0.25, -0.2) is 9.59 Å². The summed E-state index contributed by atoms with van der Waals surface area (Å²) in [5, 5.41) is 6.55. The van der Waals surface area contributed by atoms with Gasteiger partial charge in [0.05, 0.1) is 5.56 Å². The number of ether oxygens (including phenoxy) is 1. The monoisotopic (exact) mass is 338 g/mol. The Morgan fingerprint density at radius 2 is 2.04 bits per heavy atom. The van der Waals surface area contributed by atoms with Crippen molar-refractivity contribution in [3.8, 4) is 0 Å². The molecular weight excluding hydrogens is 316 g/mol. The predicted molar refractivity (Wildman–Crippen MR) is 87.7 cm³/mol. The van der Waals surface area contributed by atoms with Crippen molar-refractivity contribution in [2.24, 2.45) is 0 Å². The molecule has 6 nitrogen and oxygen atoms in total. The Morgan fingerprint density at radius 1 is 1.30 bits per heavy atom. The topological polar surface area (TPSA) is 84.5 Å². The normalized spacial score (nSPS) is 14.5. The second-order valence-corrected chi connectivity index (χ2v) is 6.63. The summed E-state index contributed by atoms with van der Waals surface area (Å²) in [6, 6.07) is -0.601. The van der Waals surface area contributed by atoms with Crippen LogP contribution in [0.4, 0.5) is 4.79 Å². The quantitative estimate of drug-likeness (QED) is 0.808. The minimum Gasteiger partial charge on any atom is -0.452 e. The summed E-state index contributed by atoms with van der Waals surface area (Å²) >= 11 is 1.57. The second kappa shape index (κ2) is 8.10. The molecule has 0 aliphatic heterocycles. The average Bonchev–Trinajstić information content (AvgIpc) is 2.96. The van der Waals surface area contributed by atoms with Crippen LogP contribution in [-0.2, 0) is 22.4 Å². The summed E-state index contributed by atoms with van der Waals surface area (Å²) in [5.74, 6) is -1.13. The Kier molecular flexibility index (Phi) is 6.15. The van der Waals surface area contributed by atoms with Gasteiger partial charge in [-0.3, -0.25) is 10.1 Å². The van der Waals surface area contributed by atoms with Gasteiger partial charge >= 0.3 is 12.0 Å². The summed E-state index contributed by atoms with van der Waals surface area (Å²) in [4.78, 5) is 36.5. The third kappa shape index (κ3) is 4.79. The molecule has 0 radical (unpaired) electrons. The maximum Gasteiger partial charge on any atom is 0.339 e. The lowest BCUT2D eigenvalue weighted by molar-refractivity contribution is -0.123. The number of esters is 1. The van der Waals surface area contributed by atoms with Crippen LogP contribution in [-0.4, -0.2) is 30.6 Å². The van der Waals surface area contributed by atoms with Gasteiger partial charge in [0.25, 0.3) is 5.91 Å². The first-order valence-electron chi connectivity index (χ1n) is 7.88. The van der Waals surface area contributed by atoms with Crippen LogP contribution in [0, 0.1) is 0 Å². The van der Waals surface area contributed by atoms with Crippen molar-refractivity contribution in [1.29, 1.82) is 0 Å². The fourth-order valence-electron chi connectivity index (χ4n) is 2.40. The van der Waals surface area contributed by atoms with Crippen LogP contribution in [0.1, 0.15) is 53.9 Å². The number of carbonyl (C=O) groups is 3. The molecule has 1 aliphatic rings. The van der Waals surface area contributed by atoms with Gasteiger partial charge in [-0.15, -0.1) is 11.3 Å². The number of imide groups is 1. The number of rotatable bonds is 5. The first-order chi connectivity index (χ1) is 11.0. The van der Waals surface area contributed by atoms with Gasteiger partial charge < -0.3 is 10.1 Å². The lowest BCUT2D eigenvalue weighted by Gasteiger charge is -2.13. The minimum absolute atomic E-state index is 0.0253. The number of amides is 3. The molecule has 1 aliphatic carbocycles. The molecule has 3 amide bonds. The van der Waals surface area contributed by atoms with E-state index in [1.54, 1.807) is 16.7 Å². The average molecular weight is 338 g/mol. The van der Waals surface area contributed by atoms with Crippen LogP contribution in [0.2, 0.25) is 0 Å². The van der Waals surface area contributed by atoms with E-state index in [0.29, 0.717) is 5.56 Å². The zero-order valence-electron chi connectivity index (χ0n) is 13.4. The molecule has 0 spiro atoms. The van der Waals surface area contributed by atoms with E-state index in [0.717, 1.165) is 37.7 Å². The lowest BCUT2D eigenvalue weighted by atomic mass is 9.96. The number of thiophene rings is 1. The smallest absolute Gasteiger partial charge is 0.339 e. The van der Waals surface area contributed by atoms with Crippen LogP contribution in [0.25, 0.3) is 0 Å². The van der Waals surface area contributed by atoms with E-state index in [4.69, 9.17) is 4.74 Å². The molecule has 0 saturated heterocycles. The number of urea groups is 1. The highest BCUT2D eigenvalue weighted by atomic mass is 32.1. The molecule has 0 bridgehead atoms. The van der Waals surface area contributed by atoms with E-state index in [2.05, 4.69) is 10.6 Å². The van der Waals surface area contributed by atoms with Crippen LogP contribution < -0.4 is 10.6 Å². The minimum atomic E-state index is -0.636. The third-order valence-corrected chi connectivity index (χ3v) is 4.95. The fourth-order valence-corrected chi connectivity index (χ4v) is 3.51. The summed E-state index contributed by atoms with van der Waals surface area (Å²) in [5.41, 5.74) is 1.61. The molecule has 7 heteroatoms. The Bertz CT molecular complexity index is 597. The summed E-state index contributed by atoms with van der Waals surface area (Å²) in [6.07, 6.45) is 4.87. The molecule has 2 N–H and O–H groups in total. The maximum absolute atomic E-state index is 12.1. The van der Waals surface area contributed by atoms with Gasteiger partial charge in [0.1, 0.15) is 0 Å². The van der Waals surface area contributed by atoms with Crippen molar-refractivity contribution in [3.63, 3.8) is 0 Å². The largest absolute Gasteiger partial charge is 0.452 e. The first-order valence-corrected chi connectivity index (χ1v) is 8.76. The number of aryl methyl sites for hydroxylation is 1. The molecule has 0 saturated carbocycles. The van der Waals surface area contributed by atoms with E-state index in [9.17, 15) is 14.4 Å². The van der Waals surface area contributed by atoms with E-state index < -0.39 is 24.5 Å². The van der Waals surface area contributed by atoms with Gasteiger partial charge in [0, 0.05) is 16.3 Å². The Hall–Kier alpha value is -1.89. The van der Waals surface area contributed by atoms with Crippen molar-refractivity contribution in [1.82, 2.24) is 10.6 Å². The number of hydrogen-bond acceptors (Lipinski definition) is 5. The van der Waals surface area contributed by atoms with Crippen molar-refractivity contribution in [2.75, 3.05) is 6.61 Å². The highest BCUT2D eigenvalue weighted by molar-refractivity contribution is 7.10. The molecule has 23 heavy (non-hydrogen) atoms. The third-order valence-electron chi connectivity index (χ3n) is 3.86. The zero-order chi connectivity index (χ0) is 16.8. The molecule has 0 unspecified atom stereocenters. The van der Waals surface area contributed by atoms with E-state index in [1.807, 2.05) is 13.8 Å². The Balaban J connectivity index is 1.81. The molecule has 1 heterocycles. The van der Waals surface area contributed by atoms with Crippen molar-refractivity contribution >= 4 is 29.2 Å². The number of carbonyl (C=O) groups excluding carboxylic acids is 3. The SMILES string of the molecule is CC[C@@H](C)NC(=O)NC(=O)COC(=O)c1csc2c1CCCC2. The molecule has 0 fully saturated rings. The van der Waals surface area contributed by atoms with Crippen LogP contribution in [0.15, 0.2) is 5.38 Å². The highest BCUT2D eigenvalue weighted by Gasteiger charge is 2.22. The fraction of sp³-hybridized carbons (Fsp3) is 0.562. The van der Waals surface area contributed by atoms with E-state index >= 15 is 0 Å². The summed E-state index contributed by atoms with van der Waals surface area (Å²) in [6.45, 7) is 3.30. The standard InChI is InChI=1S/C16H22N2O4S/c1-3-10(2)17-16(21)18-14(19)8-22-15(20)12-9-23-13-7-5-4-6-11(12)13/h9-10H,3-8H2,1-2H3,(H2,17,18,19,21)/t10-/m1/s1. The molecule has 2 rings (SSSR count).